The minimum absolute atomic E-state index is 0.0677. The van der Waals surface area contributed by atoms with Gasteiger partial charge in [-0.3, -0.25) is 4.79 Å². The second kappa shape index (κ2) is 4.96. The molecule has 1 amide bonds. The molecule has 5 heteroatoms. The molecule has 5 nitrogen and oxygen atoms in total. The van der Waals surface area contributed by atoms with E-state index in [1.807, 2.05) is 6.07 Å². The van der Waals surface area contributed by atoms with Crippen molar-refractivity contribution in [1.29, 1.82) is 5.26 Å². The Hall–Kier alpha value is -2.09. The van der Waals surface area contributed by atoms with Crippen LogP contribution in [-0.2, 0) is 4.79 Å². The predicted octanol–water partition coefficient (Wildman–Crippen LogP) is 0.135. The number of carbonyl (C=O) groups is 1. The Bertz CT molecular complexity index is 379. The van der Waals surface area contributed by atoms with Gasteiger partial charge in [0.1, 0.15) is 11.8 Å². The predicted molar refractivity (Wildman–Crippen MR) is 56.3 cm³/mol. The van der Waals surface area contributed by atoms with E-state index >= 15 is 0 Å². The summed E-state index contributed by atoms with van der Waals surface area (Å²) in [5.74, 6) is -0.0677. The van der Waals surface area contributed by atoms with E-state index in [1.54, 1.807) is 37.3 Å². The van der Waals surface area contributed by atoms with Gasteiger partial charge in [-0.1, -0.05) is 0 Å². The zero-order valence-electron chi connectivity index (χ0n) is 8.69. The summed E-state index contributed by atoms with van der Waals surface area (Å²) in [6, 6.07) is 5.32. The van der Waals surface area contributed by atoms with Crippen molar-refractivity contribution in [2.75, 3.05) is 25.5 Å². The van der Waals surface area contributed by atoms with Crippen molar-refractivity contribution < 1.29 is 4.79 Å². The number of pyridine rings is 1. The van der Waals surface area contributed by atoms with Gasteiger partial charge in [0, 0.05) is 14.1 Å². The van der Waals surface area contributed by atoms with Crippen LogP contribution in [-0.4, -0.2) is 31.5 Å². The Morgan fingerprint density at radius 1 is 1.67 bits per heavy atom. The Kier molecular flexibility index (Phi) is 3.63. The summed E-state index contributed by atoms with van der Waals surface area (Å²) in [6.45, 7) is 0.268. The lowest BCUT2D eigenvalue weighted by molar-refractivity contribution is -0.119. The normalized spacial score (nSPS) is 9.13. The largest absolute Gasteiger partial charge is 0.364 e. The van der Waals surface area contributed by atoms with Crippen molar-refractivity contribution in [2.45, 2.75) is 0 Å². The third-order valence-electron chi connectivity index (χ3n) is 1.96. The van der Waals surface area contributed by atoms with E-state index in [-0.39, 0.29) is 12.5 Å². The number of hydrogen-bond donors (Lipinski definition) is 1. The summed E-state index contributed by atoms with van der Waals surface area (Å²) in [6.07, 6.45) is 1.57. The molecule has 15 heavy (non-hydrogen) atoms. The first kappa shape index (κ1) is 11.0. The minimum atomic E-state index is -0.0677. The number of likely N-dealkylation sites (N-methyl/N-ethyl adjacent to an activating group) is 2. The molecular formula is C10H12N4O. The van der Waals surface area contributed by atoms with E-state index in [2.05, 4.69) is 10.3 Å². The van der Waals surface area contributed by atoms with Gasteiger partial charge >= 0.3 is 0 Å². The summed E-state index contributed by atoms with van der Waals surface area (Å²) in [7, 11) is 3.38. The third-order valence-corrected chi connectivity index (χ3v) is 1.96. The molecule has 0 bridgehead atoms. The first-order chi connectivity index (χ1) is 7.17. The molecule has 0 spiro atoms. The topological polar surface area (TPSA) is 69.0 Å². The summed E-state index contributed by atoms with van der Waals surface area (Å²) in [5, 5.41) is 11.1. The fourth-order valence-electron chi connectivity index (χ4n) is 1.06. The van der Waals surface area contributed by atoms with Crippen molar-refractivity contribution >= 4 is 11.6 Å². The quantitative estimate of drug-likeness (QED) is 0.760. The molecule has 0 aliphatic carbocycles. The lowest BCUT2D eigenvalue weighted by Crippen LogP contribution is -2.32. The highest BCUT2D eigenvalue weighted by Crippen LogP contribution is 2.10. The minimum Gasteiger partial charge on any atom is -0.364 e. The highest BCUT2D eigenvalue weighted by Gasteiger charge is 2.05. The third kappa shape index (κ3) is 2.95. The van der Waals surface area contributed by atoms with Crippen molar-refractivity contribution in [3.63, 3.8) is 0 Å². The van der Waals surface area contributed by atoms with Crippen LogP contribution in [0.2, 0.25) is 0 Å². The number of nitrogens with one attached hydrogen (secondary N) is 1. The molecule has 0 aliphatic rings. The second-order valence-corrected chi connectivity index (χ2v) is 3.04. The summed E-state index contributed by atoms with van der Waals surface area (Å²) >= 11 is 0. The van der Waals surface area contributed by atoms with Gasteiger partial charge in [0.25, 0.3) is 0 Å². The fourth-order valence-corrected chi connectivity index (χ4v) is 1.06. The van der Waals surface area contributed by atoms with Gasteiger partial charge < -0.3 is 10.2 Å². The van der Waals surface area contributed by atoms with Crippen LogP contribution in [0.25, 0.3) is 0 Å². The standard InChI is InChI=1S/C10H12N4O/c1-12-10(15)7-14(2)9-4-3-8(5-11)13-6-9/h3-4,6H,7H2,1-2H3,(H,12,15). The maximum atomic E-state index is 11.1. The molecule has 0 aliphatic heterocycles. The Morgan fingerprint density at radius 2 is 2.40 bits per heavy atom. The average Bonchev–Trinajstić information content (AvgIpc) is 2.29. The molecule has 0 fully saturated rings. The molecular weight excluding hydrogens is 192 g/mol. The van der Waals surface area contributed by atoms with Crippen LogP contribution in [0, 0.1) is 11.3 Å². The highest BCUT2D eigenvalue weighted by molar-refractivity contribution is 5.80. The van der Waals surface area contributed by atoms with Crippen LogP contribution in [0.5, 0.6) is 0 Å². The van der Waals surface area contributed by atoms with Crippen molar-refractivity contribution in [3.05, 3.63) is 24.0 Å². The number of amides is 1. The molecule has 0 aromatic carbocycles. The van der Waals surface area contributed by atoms with Crippen LogP contribution >= 0.6 is 0 Å². The maximum Gasteiger partial charge on any atom is 0.239 e. The van der Waals surface area contributed by atoms with Crippen molar-refractivity contribution in [2.24, 2.45) is 0 Å². The van der Waals surface area contributed by atoms with Gasteiger partial charge in [-0.25, -0.2) is 4.98 Å². The molecule has 0 atom stereocenters. The fraction of sp³-hybridized carbons (Fsp3) is 0.300. The SMILES string of the molecule is CNC(=O)CN(C)c1ccc(C#N)nc1. The second-order valence-electron chi connectivity index (χ2n) is 3.04. The van der Waals surface area contributed by atoms with Gasteiger partial charge in [0.05, 0.1) is 18.4 Å². The van der Waals surface area contributed by atoms with Gasteiger partial charge in [-0.2, -0.15) is 5.26 Å². The molecule has 1 rings (SSSR count). The smallest absolute Gasteiger partial charge is 0.239 e. The van der Waals surface area contributed by atoms with Gasteiger partial charge in [-0.05, 0) is 12.1 Å². The van der Waals surface area contributed by atoms with Gasteiger partial charge in [0.15, 0.2) is 0 Å². The highest BCUT2D eigenvalue weighted by atomic mass is 16.1. The molecule has 1 aromatic heterocycles. The van der Waals surface area contributed by atoms with E-state index in [0.717, 1.165) is 5.69 Å². The van der Waals surface area contributed by atoms with Crippen LogP contribution in [0.4, 0.5) is 5.69 Å². The number of aromatic nitrogens is 1. The van der Waals surface area contributed by atoms with E-state index in [1.165, 1.54) is 0 Å². The summed E-state index contributed by atoms with van der Waals surface area (Å²) < 4.78 is 0. The number of hydrogen-bond acceptors (Lipinski definition) is 4. The maximum absolute atomic E-state index is 11.1. The number of rotatable bonds is 3. The number of anilines is 1. The summed E-state index contributed by atoms with van der Waals surface area (Å²) in [4.78, 5) is 16.8. The van der Waals surface area contributed by atoms with Crippen LogP contribution in [0.15, 0.2) is 18.3 Å². The molecule has 78 valence electrons. The summed E-state index contributed by atoms with van der Waals surface area (Å²) in [5.41, 5.74) is 1.17. The van der Waals surface area contributed by atoms with Crippen LogP contribution < -0.4 is 10.2 Å². The molecule has 0 saturated carbocycles. The number of nitriles is 1. The first-order valence-corrected chi connectivity index (χ1v) is 4.45. The number of carbonyl (C=O) groups excluding carboxylic acids is 1. The molecule has 0 radical (unpaired) electrons. The van der Waals surface area contributed by atoms with E-state index in [9.17, 15) is 4.79 Å². The molecule has 0 saturated heterocycles. The zero-order chi connectivity index (χ0) is 11.3. The van der Waals surface area contributed by atoms with E-state index < -0.39 is 0 Å². The Morgan fingerprint density at radius 3 is 2.87 bits per heavy atom. The van der Waals surface area contributed by atoms with Gasteiger partial charge in [-0.15, -0.1) is 0 Å². The van der Waals surface area contributed by atoms with Crippen LogP contribution in [0.1, 0.15) is 5.69 Å². The van der Waals surface area contributed by atoms with Gasteiger partial charge in [0.2, 0.25) is 5.91 Å². The average molecular weight is 204 g/mol. The van der Waals surface area contributed by atoms with E-state index in [0.29, 0.717) is 5.69 Å². The van der Waals surface area contributed by atoms with Crippen molar-refractivity contribution in [1.82, 2.24) is 10.3 Å². The molecule has 1 aromatic rings. The molecule has 0 unspecified atom stereocenters. The Labute approximate surface area is 88.3 Å². The lowest BCUT2D eigenvalue weighted by Gasteiger charge is -2.17. The molecule has 1 heterocycles. The zero-order valence-corrected chi connectivity index (χ0v) is 8.69. The Balaban J connectivity index is 2.70. The van der Waals surface area contributed by atoms with Crippen molar-refractivity contribution in [3.8, 4) is 6.07 Å². The first-order valence-electron chi connectivity index (χ1n) is 4.45. The van der Waals surface area contributed by atoms with E-state index in [4.69, 9.17) is 5.26 Å². The molecule has 1 N–H and O–H groups in total. The monoisotopic (exact) mass is 204 g/mol. The van der Waals surface area contributed by atoms with Crippen LogP contribution in [0.3, 0.4) is 0 Å². The number of nitrogens with zero attached hydrogens (tertiary/aromatic N) is 3. The lowest BCUT2D eigenvalue weighted by atomic mass is 10.3.